The van der Waals surface area contributed by atoms with Crippen LogP contribution in [0.5, 0.6) is 5.75 Å². The summed E-state index contributed by atoms with van der Waals surface area (Å²) >= 11 is 0. The van der Waals surface area contributed by atoms with Crippen molar-refractivity contribution < 1.29 is 9.53 Å². The molecule has 0 saturated carbocycles. The van der Waals surface area contributed by atoms with E-state index >= 15 is 0 Å². The van der Waals surface area contributed by atoms with Gasteiger partial charge in [-0.25, -0.2) is 4.68 Å². The molecule has 0 fully saturated rings. The van der Waals surface area contributed by atoms with E-state index in [1.165, 1.54) is 0 Å². The van der Waals surface area contributed by atoms with E-state index in [-0.39, 0.29) is 5.91 Å². The maximum absolute atomic E-state index is 13.0. The molecule has 162 valence electrons. The van der Waals surface area contributed by atoms with Gasteiger partial charge in [0.15, 0.2) is 0 Å². The van der Waals surface area contributed by atoms with E-state index in [1.54, 1.807) is 23.3 Å². The summed E-state index contributed by atoms with van der Waals surface area (Å²) in [7, 11) is 0. The minimum atomic E-state index is -0.210. The molecule has 1 amide bonds. The van der Waals surface area contributed by atoms with E-state index in [0.717, 1.165) is 27.8 Å². The predicted octanol–water partition coefficient (Wildman–Crippen LogP) is 4.90. The number of rotatable bonds is 7. The van der Waals surface area contributed by atoms with Gasteiger partial charge in [-0.3, -0.25) is 9.78 Å². The average molecular weight is 434 g/mol. The van der Waals surface area contributed by atoms with Crippen LogP contribution in [0.2, 0.25) is 0 Å². The minimum Gasteiger partial charge on any atom is -0.492 e. The van der Waals surface area contributed by atoms with Gasteiger partial charge in [-0.2, -0.15) is 5.10 Å². The molecule has 33 heavy (non-hydrogen) atoms. The number of nitrogens with one attached hydrogen (secondary N) is 1. The third-order valence-corrected chi connectivity index (χ3v) is 5.29. The fraction of sp³-hybridized carbons (Fsp3) is 0.0741. The van der Waals surface area contributed by atoms with Crippen LogP contribution in [0.25, 0.3) is 27.7 Å². The zero-order valence-corrected chi connectivity index (χ0v) is 17.9. The Morgan fingerprint density at radius 3 is 2.55 bits per heavy atom. The summed E-state index contributed by atoms with van der Waals surface area (Å²) in [6, 6.07) is 27.5. The summed E-state index contributed by atoms with van der Waals surface area (Å²) < 4.78 is 7.56. The third kappa shape index (κ3) is 4.60. The molecule has 0 aliphatic heterocycles. The first-order valence-corrected chi connectivity index (χ1v) is 10.7. The molecule has 0 atom stereocenters. The molecule has 0 saturated heterocycles. The lowest BCUT2D eigenvalue weighted by Crippen LogP contribution is -2.28. The number of hydrogen-bond donors (Lipinski definition) is 1. The molecular weight excluding hydrogens is 412 g/mol. The Morgan fingerprint density at radius 2 is 1.73 bits per heavy atom. The van der Waals surface area contributed by atoms with Gasteiger partial charge in [-0.05, 0) is 47.2 Å². The normalized spacial score (nSPS) is 10.8. The Kier molecular flexibility index (Phi) is 5.80. The van der Waals surface area contributed by atoms with Crippen LogP contribution >= 0.6 is 0 Å². The summed E-state index contributed by atoms with van der Waals surface area (Å²) in [5.41, 5.74) is 2.73. The van der Waals surface area contributed by atoms with Gasteiger partial charge in [0.25, 0.3) is 5.91 Å². The van der Waals surface area contributed by atoms with Crippen LogP contribution in [0.3, 0.4) is 0 Å². The Labute approximate surface area is 191 Å². The zero-order valence-electron chi connectivity index (χ0n) is 17.9. The molecule has 2 heterocycles. The SMILES string of the molecule is O=C(NCCOc1ccc2ccccc2c1)c1cn(-c2ccccc2)nc1-c1cccnc1. The lowest BCUT2D eigenvalue weighted by Gasteiger charge is -2.09. The molecule has 0 aliphatic carbocycles. The van der Waals surface area contributed by atoms with Gasteiger partial charge >= 0.3 is 0 Å². The molecule has 5 aromatic rings. The quantitative estimate of drug-likeness (QED) is 0.370. The summed E-state index contributed by atoms with van der Waals surface area (Å²) in [6.45, 7) is 0.730. The number of fused-ring (bicyclic) bond motifs is 1. The fourth-order valence-corrected chi connectivity index (χ4v) is 3.65. The highest BCUT2D eigenvalue weighted by Crippen LogP contribution is 2.23. The maximum atomic E-state index is 13.0. The van der Waals surface area contributed by atoms with Gasteiger partial charge < -0.3 is 10.1 Å². The van der Waals surface area contributed by atoms with Crippen LogP contribution in [0.4, 0.5) is 0 Å². The Morgan fingerprint density at radius 1 is 0.909 bits per heavy atom. The van der Waals surface area contributed by atoms with Crippen molar-refractivity contribution in [3.05, 3.63) is 109 Å². The molecule has 1 N–H and O–H groups in total. The van der Waals surface area contributed by atoms with E-state index in [9.17, 15) is 4.79 Å². The van der Waals surface area contributed by atoms with E-state index in [0.29, 0.717) is 24.4 Å². The molecule has 0 bridgehead atoms. The number of ether oxygens (including phenoxy) is 1. The lowest BCUT2D eigenvalue weighted by molar-refractivity contribution is 0.0947. The second kappa shape index (κ2) is 9.36. The number of pyridine rings is 1. The molecule has 0 radical (unpaired) electrons. The van der Waals surface area contributed by atoms with Gasteiger partial charge in [-0.1, -0.05) is 48.5 Å². The van der Waals surface area contributed by atoms with Crippen LogP contribution in [-0.4, -0.2) is 33.8 Å². The highest BCUT2D eigenvalue weighted by atomic mass is 16.5. The molecule has 6 nitrogen and oxygen atoms in total. The third-order valence-electron chi connectivity index (χ3n) is 5.29. The first-order valence-electron chi connectivity index (χ1n) is 10.7. The van der Waals surface area contributed by atoms with E-state index in [1.807, 2.05) is 78.9 Å². The molecule has 6 heteroatoms. The summed E-state index contributed by atoms with van der Waals surface area (Å²) in [5.74, 6) is 0.564. The Balaban J connectivity index is 1.29. The lowest BCUT2D eigenvalue weighted by atomic mass is 10.1. The van der Waals surface area contributed by atoms with Crippen molar-refractivity contribution >= 4 is 16.7 Å². The minimum absolute atomic E-state index is 0.210. The molecule has 0 unspecified atom stereocenters. The second-order valence-electron chi connectivity index (χ2n) is 7.53. The van der Waals surface area contributed by atoms with Crippen molar-refractivity contribution in [2.75, 3.05) is 13.2 Å². The van der Waals surface area contributed by atoms with Crippen molar-refractivity contribution in [1.29, 1.82) is 0 Å². The molecular formula is C27H22N4O2. The summed E-state index contributed by atoms with van der Waals surface area (Å²) in [5, 5.41) is 9.89. The first-order chi connectivity index (χ1) is 16.3. The van der Waals surface area contributed by atoms with Crippen molar-refractivity contribution in [3.8, 4) is 22.7 Å². The van der Waals surface area contributed by atoms with Crippen molar-refractivity contribution in [2.24, 2.45) is 0 Å². The van der Waals surface area contributed by atoms with Crippen molar-refractivity contribution in [2.45, 2.75) is 0 Å². The average Bonchev–Trinajstić information content (AvgIpc) is 3.33. The van der Waals surface area contributed by atoms with Crippen molar-refractivity contribution in [1.82, 2.24) is 20.1 Å². The predicted molar refractivity (Wildman–Crippen MR) is 129 cm³/mol. The van der Waals surface area contributed by atoms with Crippen LogP contribution in [0.1, 0.15) is 10.4 Å². The summed E-state index contributed by atoms with van der Waals surface area (Å²) in [4.78, 5) is 17.2. The van der Waals surface area contributed by atoms with Crippen LogP contribution in [0, 0.1) is 0 Å². The van der Waals surface area contributed by atoms with Gasteiger partial charge in [-0.15, -0.1) is 0 Å². The highest BCUT2D eigenvalue weighted by Gasteiger charge is 2.18. The van der Waals surface area contributed by atoms with Crippen LogP contribution < -0.4 is 10.1 Å². The van der Waals surface area contributed by atoms with Gasteiger partial charge in [0.1, 0.15) is 18.1 Å². The largest absolute Gasteiger partial charge is 0.492 e. The molecule has 0 aliphatic rings. The number of nitrogens with zero attached hydrogens (tertiary/aromatic N) is 3. The second-order valence-corrected chi connectivity index (χ2v) is 7.53. The number of amides is 1. The number of aromatic nitrogens is 3. The summed E-state index contributed by atoms with van der Waals surface area (Å²) in [6.07, 6.45) is 5.15. The van der Waals surface area contributed by atoms with E-state index < -0.39 is 0 Å². The van der Waals surface area contributed by atoms with Gasteiger partial charge in [0.2, 0.25) is 0 Å². The Hall–Kier alpha value is -4.45. The smallest absolute Gasteiger partial charge is 0.255 e. The van der Waals surface area contributed by atoms with Crippen molar-refractivity contribution in [3.63, 3.8) is 0 Å². The Bertz CT molecular complexity index is 1380. The molecule has 2 aromatic heterocycles. The number of para-hydroxylation sites is 1. The number of carbonyl (C=O) groups is 1. The standard InChI is InChI=1S/C27H22N4O2/c32-27(29-15-16-33-24-13-12-20-7-4-5-8-21(20)17-24)25-19-31(23-10-2-1-3-11-23)30-26(25)22-9-6-14-28-18-22/h1-14,17-19H,15-16H2,(H,29,32). The maximum Gasteiger partial charge on any atom is 0.255 e. The molecule has 3 aromatic carbocycles. The number of carbonyl (C=O) groups excluding carboxylic acids is 1. The van der Waals surface area contributed by atoms with Crippen LogP contribution in [-0.2, 0) is 0 Å². The zero-order chi connectivity index (χ0) is 22.5. The van der Waals surface area contributed by atoms with Crippen LogP contribution in [0.15, 0.2) is 104 Å². The highest BCUT2D eigenvalue weighted by molar-refractivity contribution is 5.99. The van der Waals surface area contributed by atoms with Gasteiger partial charge in [0.05, 0.1) is 17.8 Å². The fourth-order valence-electron chi connectivity index (χ4n) is 3.65. The first kappa shape index (κ1) is 20.5. The van der Waals surface area contributed by atoms with E-state index in [2.05, 4.69) is 21.5 Å². The van der Waals surface area contributed by atoms with Gasteiger partial charge in [0, 0.05) is 24.2 Å². The monoisotopic (exact) mass is 434 g/mol. The number of benzene rings is 3. The molecule has 5 rings (SSSR count). The number of hydrogen-bond acceptors (Lipinski definition) is 4. The van der Waals surface area contributed by atoms with E-state index in [4.69, 9.17) is 4.74 Å². The topological polar surface area (TPSA) is 69.0 Å². The molecule has 0 spiro atoms.